The van der Waals surface area contributed by atoms with Gasteiger partial charge in [0, 0.05) is 0 Å². The quantitative estimate of drug-likeness (QED) is 0.548. The van der Waals surface area contributed by atoms with Gasteiger partial charge < -0.3 is 0 Å². The highest BCUT2D eigenvalue weighted by Gasteiger charge is 2.01. The number of allylic oxidation sites excluding steroid dienone is 7. The van der Waals surface area contributed by atoms with E-state index in [0.717, 1.165) is 17.6 Å². The lowest BCUT2D eigenvalue weighted by Gasteiger charge is -2.07. The Hall–Kier alpha value is -1.30. The minimum Gasteiger partial charge on any atom is -0.0984 e. The second-order valence-corrected chi connectivity index (χ2v) is 2.65. The summed E-state index contributed by atoms with van der Waals surface area (Å²) in [5.41, 5.74) is 3.46. The van der Waals surface area contributed by atoms with Crippen LogP contribution in [0.15, 0.2) is 60.8 Å². The summed E-state index contributed by atoms with van der Waals surface area (Å²) < 4.78 is 0. The van der Waals surface area contributed by atoms with Crippen molar-refractivity contribution >= 4 is 0 Å². The maximum atomic E-state index is 3.80. The summed E-state index contributed by atoms with van der Waals surface area (Å²) >= 11 is 0. The Morgan fingerprint density at radius 1 is 1.08 bits per heavy atom. The molecule has 0 radical (unpaired) electrons. The maximum absolute atomic E-state index is 3.80. The highest BCUT2D eigenvalue weighted by Crippen LogP contribution is 2.20. The first kappa shape index (κ1) is 11.7. The molecule has 0 bridgehead atoms. The van der Waals surface area contributed by atoms with Crippen molar-refractivity contribution in [3.05, 3.63) is 60.8 Å². The zero-order chi connectivity index (χ0) is 10.3. The molecule has 0 saturated heterocycles. The van der Waals surface area contributed by atoms with Gasteiger partial charge in [0.1, 0.15) is 0 Å². The molecule has 0 fully saturated rings. The topological polar surface area (TPSA) is 0 Å². The van der Waals surface area contributed by atoms with Gasteiger partial charge in [0.2, 0.25) is 0 Å². The van der Waals surface area contributed by atoms with Crippen LogP contribution in [0, 0.1) is 0 Å². The third kappa shape index (κ3) is 2.90. The molecule has 0 aromatic carbocycles. The van der Waals surface area contributed by atoms with E-state index in [-0.39, 0.29) is 0 Å². The fourth-order valence-electron chi connectivity index (χ4n) is 1.29. The van der Waals surface area contributed by atoms with Gasteiger partial charge in [-0.15, -0.1) is 0 Å². The molecule has 0 unspecified atom stereocenters. The monoisotopic (exact) mass is 174 g/mol. The molecule has 0 amide bonds. The van der Waals surface area contributed by atoms with Crippen LogP contribution >= 0.6 is 0 Å². The lowest BCUT2D eigenvalue weighted by Crippen LogP contribution is -1.88. The van der Waals surface area contributed by atoms with Crippen LogP contribution in [-0.2, 0) is 0 Å². The second kappa shape index (κ2) is 6.24. The molecule has 0 heteroatoms. The summed E-state index contributed by atoms with van der Waals surface area (Å²) in [4.78, 5) is 0. The van der Waals surface area contributed by atoms with Crippen molar-refractivity contribution in [3.8, 4) is 0 Å². The minimum absolute atomic E-state index is 1.00. The molecule has 0 atom stereocenters. The fraction of sp³-hybridized carbons (Fsp3) is 0.231. The van der Waals surface area contributed by atoms with Gasteiger partial charge in [0.25, 0.3) is 0 Å². The molecule has 13 heavy (non-hydrogen) atoms. The van der Waals surface area contributed by atoms with Gasteiger partial charge in [0.05, 0.1) is 0 Å². The van der Waals surface area contributed by atoms with Crippen molar-refractivity contribution < 1.29 is 0 Å². The van der Waals surface area contributed by atoms with E-state index in [1.165, 1.54) is 5.57 Å². The second-order valence-electron chi connectivity index (χ2n) is 2.65. The van der Waals surface area contributed by atoms with Crippen molar-refractivity contribution in [1.82, 2.24) is 0 Å². The Kier molecular flexibility index (Phi) is 5.62. The van der Waals surface area contributed by atoms with Crippen molar-refractivity contribution in [1.29, 1.82) is 0 Å². The highest BCUT2D eigenvalue weighted by atomic mass is 14.1. The highest BCUT2D eigenvalue weighted by molar-refractivity contribution is 5.49. The molecule has 70 valence electrons. The SMILES string of the molecule is C=CC(C=C)=C(C=C)/C(=C\C)CC. The lowest BCUT2D eigenvalue weighted by molar-refractivity contribution is 1.11. The lowest BCUT2D eigenvalue weighted by atomic mass is 9.97. The minimum atomic E-state index is 1.00. The van der Waals surface area contributed by atoms with Crippen LogP contribution in [0.3, 0.4) is 0 Å². The van der Waals surface area contributed by atoms with Crippen molar-refractivity contribution in [2.75, 3.05) is 0 Å². The van der Waals surface area contributed by atoms with E-state index < -0.39 is 0 Å². The van der Waals surface area contributed by atoms with Gasteiger partial charge in [-0.05, 0) is 30.1 Å². The van der Waals surface area contributed by atoms with E-state index in [1.54, 1.807) is 0 Å². The van der Waals surface area contributed by atoms with Crippen molar-refractivity contribution in [3.63, 3.8) is 0 Å². The van der Waals surface area contributed by atoms with E-state index in [2.05, 4.69) is 32.7 Å². The molecule has 0 N–H and O–H groups in total. The predicted molar refractivity (Wildman–Crippen MR) is 61.7 cm³/mol. The Labute approximate surface area is 81.7 Å². The third-order valence-electron chi connectivity index (χ3n) is 2.03. The number of hydrogen-bond acceptors (Lipinski definition) is 0. The summed E-state index contributed by atoms with van der Waals surface area (Å²) in [6.07, 6.45) is 8.58. The van der Waals surface area contributed by atoms with E-state index >= 15 is 0 Å². The van der Waals surface area contributed by atoms with Gasteiger partial charge >= 0.3 is 0 Å². The van der Waals surface area contributed by atoms with Crippen LogP contribution in [0.4, 0.5) is 0 Å². The average molecular weight is 174 g/mol. The van der Waals surface area contributed by atoms with Crippen LogP contribution in [0.25, 0.3) is 0 Å². The first-order valence-corrected chi connectivity index (χ1v) is 4.52. The largest absolute Gasteiger partial charge is 0.0984 e. The molecule has 0 saturated carbocycles. The smallest absolute Gasteiger partial charge is 0.0162 e. The van der Waals surface area contributed by atoms with Crippen LogP contribution in [0.1, 0.15) is 20.3 Å². The van der Waals surface area contributed by atoms with Crippen molar-refractivity contribution in [2.24, 2.45) is 0 Å². The Bertz CT molecular complexity index is 252. The van der Waals surface area contributed by atoms with E-state index in [9.17, 15) is 0 Å². The Morgan fingerprint density at radius 3 is 1.85 bits per heavy atom. The maximum Gasteiger partial charge on any atom is -0.0162 e. The molecule has 0 spiro atoms. The van der Waals surface area contributed by atoms with E-state index in [4.69, 9.17) is 0 Å². The van der Waals surface area contributed by atoms with Gasteiger partial charge in [-0.3, -0.25) is 0 Å². The fourth-order valence-corrected chi connectivity index (χ4v) is 1.29. The number of hydrogen-bond donors (Lipinski definition) is 0. The molecule has 0 aromatic heterocycles. The van der Waals surface area contributed by atoms with Gasteiger partial charge in [-0.1, -0.05) is 51.0 Å². The van der Waals surface area contributed by atoms with Crippen LogP contribution in [0.5, 0.6) is 0 Å². The molecule has 0 aromatic rings. The zero-order valence-electron chi connectivity index (χ0n) is 8.64. The van der Waals surface area contributed by atoms with E-state index in [1.807, 2.05) is 25.2 Å². The standard InChI is InChI=1S/C13H18/c1-6-11(7-2)13(10-5)12(8-3)9-4/h6-8,10H,1-2,5,9H2,3-4H3/b12-8-. The summed E-state index contributed by atoms with van der Waals surface area (Å²) in [5, 5.41) is 0. The van der Waals surface area contributed by atoms with Gasteiger partial charge in [-0.2, -0.15) is 0 Å². The number of rotatable bonds is 5. The molecular weight excluding hydrogens is 156 g/mol. The van der Waals surface area contributed by atoms with Crippen LogP contribution < -0.4 is 0 Å². The summed E-state index contributed by atoms with van der Waals surface area (Å²) in [6, 6.07) is 0. The Balaban J connectivity index is 5.29. The first-order chi connectivity index (χ1) is 6.24. The summed E-state index contributed by atoms with van der Waals surface area (Å²) in [6.45, 7) is 15.5. The molecule has 0 aliphatic heterocycles. The summed E-state index contributed by atoms with van der Waals surface area (Å²) in [5.74, 6) is 0. The summed E-state index contributed by atoms with van der Waals surface area (Å²) in [7, 11) is 0. The Morgan fingerprint density at radius 2 is 1.62 bits per heavy atom. The molecule has 0 aliphatic carbocycles. The van der Waals surface area contributed by atoms with Crippen LogP contribution in [0.2, 0.25) is 0 Å². The normalized spacial score (nSPS) is 10.5. The molecule has 0 nitrogen and oxygen atoms in total. The van der Waals surface area contributed by atoms with E-state index in [0.29, 0.717) is 0 Å². The van der Waals surface area contributed by atoms with Gasteiger partial charge in [-0.25, -0.2) is 0 Å². The predicted octanol–water partition coefficient (Wildman–Crippen LogP) is 4.20. The molecular formula is C13H18. The average Bonchev–Trinajstić information content (AvgIpc) is 2.18. The third-order valence-corrected chi connectivity index (χ3v) is 2.03. The van der Waals surface area contributed by atoms with Crippen molar-refractivity contribution in [2.45, 2.75) is 20.3 Å². The van der Waals surface area contributed by atoms with Gasteiger partial charge in [0.15, 0.2) is 0 Å². The molecule has 0 heterocycles. The molecule has 0 aliphatic rings. The molecule has 0 rings (SSSR count). The van der Waals surface area contributed by atoms with Crippen LogP contribution in [-0.4, -0.2) is 0 Å². The zero-order valence-corrected chi connectivity index (χ0v) is 8.64. The first-order valence-electron chi connectivity index (χ1n) is 4.52.